The van der Waals surface area contributed by atoms with E-state index in [9.17, 15) is 18.0 Å². The first-order chi connectivity index (χ1) is 9.85. The molecular formula is C13H10BrF3N2O2. The molecule has 0 aliphatic rings. The van der Waals surface area contributed by atoms with Crippen LogP contribution in [0, 0.1) is 0 Å². The fourth-order valence-corrected chi connectivity index (χ4v) is 2.08. The normalized spacial score (nSPS) is 11.4. The minimum atomic E-state index is -4.50. The van der Waals surface area contributed by atoms with Crippen molar-refractivity contribution in [3.63, 3.8) is 0 Å². The van der Waals surface area contributed by atoms with Crippen molar-refractivity contribution in [1.29, 1.82) is 0 Å². The summed E-state index contributed by atoms with van der Waals surface area (Å²) in [6.07, 6.45) is -0.496. The molecule has 0 aliphatic heterocycles. The van der Waals surface area contributed by atoms with Crippen LogP contribution in [0.5, 0.6) is 0 Å². The predicted octanol–water partition coefficient (Wildman–Crippen LogP) is 3.64. The van der Waals surface area contributed by atoms with Crippen molar-refractivity contribution in [2.24, 2.45) is 0 Å². The largest absolute Gasteiger partial charge is 0.467 e. The van der Waals surface area contributed by atoms with Crippen molar-refractivity contribution in [3.05, 3.63) is 52.7 Å². The number of hydrogen-bond donors (Lipinski definition) is 0. The zero-order chi connectivity index (χ0) is 15.5. The number of carbonyl (C=O) groups excluding carboxylic acids is 1. The lowest BCUT2D eigenvalue weighted by molar-refractivity contribution is -0.142. The van der Waals surface area contributed by atoms with E-state index in [1.165, 1.54) is 30.8 Å². The molecule has 0 radical (unpaired) electrons. The molecule has 2 heterocycles. The van der Waals surface area contributed by atoms with Gasteiger partial charge in [-0.2, -0.15) is 13.2 Å². The SMILES string of the molecule is O=C(c1cncc(Br)c1)N(Cc1ccco1)CC(F)(F)F. The molecule has 0 aromatic carbocycles. The number of nitrogens with zero attached hydrogens (tertiary/aromatic N) is 2. The Morgan fingerprint density at radius 2 is 2.14 bits per heavy atom. The minimum absolute atomic E-state index is 0.0696. The van der Waals surface area contributed by atoms with Gasteiger partial charge in [-0.1, -0.05) is 0 Å². The van der Waals surface area contributed by atoms with Gasteiger partial charge in [0.2, 0.25) is 0 Å². The average Bonchev–Trinajstić information content (AvgIpc) is 2.88. The maximum absolute atomic E-state index is 12.6. The third kappa shape index (κ3) is 4.59. The van der Waals surface area contributed by atoms with E-state index in [-0.39, 0.29) is 17.9 Å². The Morgan fingerprint density at radius 3 is 2.71 bits per heavy atom. The van der Waals surface area contributed by atoms with E-state index in [0.29, 0.717) is 9.37 Å². The molecule has 0 bridgehead atoms. The summed E-state index contributed by atoms with van der Waals surface area (Å²) >= 11 is 3.13. The maximum atomic E-state index is 12.6. The Balaban J connectivity index is 2.23. The number of pyridine rings is 1. The van der Waals surface area contributed by atoms with Crippen LogP contribution in [0.3, 0.4) is 0 Å². The second-order valence-corrected chi connectivity index (χ2v) is 5.16. The highest BCUT2D eigenvalue weighted by Crippen LogP contribution is 2.21. The van der Waals surface area contributed by atoms with E-state index in [1.54, 1.807) is 6.07 Å². The van der Waals surface area contributed by atoms with Gasteiger partial charge in [0.1, 0.15) is 12.3 Å². The molecule has 0 spiro atoms. The van der Waals surface area contributed by atoms with Gasteiger partial charge in [0, 0.05) is 16.9 Å². The molecule has 0 fully saturated rings. The Kier molecular flexibility index (Phi) is 4.66. The molecule has 0 saturated heterocycles. The van der Waals surface area contributed by atoms with Crippen LogP contribution in [0.4, 0.5) is 13.2 Å². The van der Waals surface area contributed by atoms with Gasteiger partial charge in [-0.15, -0.1) is 0 Å². The molecule has 8 heteroatoms. The van der Waals surface area contributed by atoms with E-state index in [2.05, 4.69) is 20.9 Å². The average molecular weight is 363 g/mol. The summed E-state index contributed by atoms with van der Waals surface area (Å²) in [5.74, 6) is -0.493. The second kappa shape index (κ2) is 6.30. The molecule has 2 rings (SSSR count). The molecule has 4 nitrogen and oxygen atoms in total. The molecule has 2 aromatic heterocycles. The van der Waals surface area contributed by atoms with Crippen LogP contribution in [0.1, 0.15) is 16.1 Å². The summed E-state index contributed by atoms with van der Waals surface area (Å²) in [4.78, 5) is 16.7. The Hall–Kier alpha value is -1.83. The molecule has 0 N–H and O–H groups in total. The third-order valence-corrected chi connectivity index (χ3v) is 2.97. The quantitative estimate of drug-likeness (QED) is 0.833. The minimum Gasteiger partial charge on any atom is -0.467 e. The number of hydrogen-bond acceptors (Lipinski definition) is 3. The van der Waals surface area contributed by atoms with E-state index in [0.717, 1.165) is 0 Å². The van der Waals surface area contributed by atoms with Gasteiger partial charge in [0.25, 0.3) is 5.91 Å². The van der Waals surface area contributed by atoms with E-state index in [1.807, 2.05) is 0 Å². The van der Waals surface area contributed by atoms with Gasteiger partial charge in [-0.05, 0) is 34.1 Å². The first-order valence-corrected chi connectivity index (χ1v) is 6.63. The number of carbonyl (C=O) groups is 1. The summed E-state index contributed by atoms with van der Waals surface area (Å²) < 4.78 is 43.4. The van der Waals surface area contributed by atoms with Gasteiger partial charge >= 0.3 is 6.18 Å². The first kappa shape index (κ1) is 15.6. The van der Waals surface area contributed by atoms with Crippen LogP contribution >= 0.6 is 15.9 Å². The van der Waals surface area contributed by atoms with Crippen LogP contribution in [0.25, 0.3) is 0 Å². The zero-order valence-electron chi connectivity index (χ0n) is 10.6. The van der Waals surface area contributed by atoms with Crippen molar-refractivity contribution in [2.45, 2.75) is 12.7 Å². The molecule has 21 heavy (non-hydrogen) atoms. The van der Waals surface area contributed by atoms with Crippen LogP contribution in [-0.2, 0) is 6.54 Å². The lowest BCUT2D eigenvalue weighted by Crippen LogP contribution is -2.38. The van der Waals surface area contributed by atoms with Crippen molar-refractivity contribution >= 4 is 21.8 Å². The highest BCUT2D eigenvalue weighted by Gasteiger charge is 2.34. The van der Waals surface area contributed by atoms with Gasteiger partial charge < -0.3 is 9.32 Å². The van der Waals surface area contributed by atoms with E-state index in [4.69, 9.17) is 4.42 Å². The monoisotopic (exact) mass is 362 g/mol. The Bertz CT molecular complexity index is 614. The fourth-order valence-electron chi connectivity index (χ4n) is 1.72. The summed E-state index contributed by atoms with van der Waals surface area (Å²) in [6.45, 7) is -1.63. The molecule has 0 aliphatic carbocycles. The maximum Gasteiger partial charge on any atom is 0.406 e. The standard InChI is InChI=1S/C13H10BrF3N2O2/c14-10-4-9(5-18-6-10)12(20)19(8-13(15,16)17)7-11-2-1-3-21-11/h1-6H,7-8H2. The van der Waals surface area contributed by atoms with Gasteiger partial charge in [0.05, 0.1) is 18.4 Å². The summed E-state index contributed by atoms with van der Waals surface area (Å²) in [5.41, 5.74) is 0.0696. The summed E-state index contributed by atoms with van der Waals surface area (Å²) in [7, 11) is 0. The zero-order valence-corrected chi connectivity index (χ0v) is 12.2. The Morgan fingerprint density at radius 1 is 1.38 bits per heavy atom. The lowest BCUT2D eigenvalue weighted by atomic mass is 10.2. The molecule has 1 amide bonds. The third-order valence-electron chi connectivity index (χ3n) is 2.54. The molecular weight excluding hydrogens is 353 g/mol. The first-order valence-electron chi connectivity index (χ1n) is 5.84. The van der Waals surface area contributed by atoms with Crippen molar-refractivity contribution in [3.8, 4) is 0 Å². The predicted molar refractivity (Wildman–Crippen MR) is 71.4 cm³/mol. The topological polar surface area (TPSA) is 46.3 Å². The van der Waals surface area contributed by atoms with Crippen LogP contribution in [-0.4, -0.2) is 28.5 Å². The number of halogens is 4. The molecule has 0 atom stereocenters. The number of aromatic nitrogens is 1. The molecule has 112 valence electrons. The number of amides is 1. The van der Waals surface area contributed by atoms with Gasteiger partial charge in [-0.25, -0.2) is 0 Å². The number of furan rings is 1. The smallest absolute Gasteiger partial charge is 0.406 e. The fraction of sp³-hybridized carbons (Fsp3) is 0.231. The highest BCUT2D eigenvalue weighted by molar-refractivity contribution is 9.10. The van der Waals surface area contributed by atoms with Crippen molar-refractivity contribution in [2.75, 3.05) is 6.54 Å². The number of alkyl halides is 3. The van der Waals surface area contributed by atoms with Crippen molar-refractivity contribution < 1.29 is 22.4 Å². The second-order valence-electron chi connectivity index (χ2n) is 4.25. The Labute approximate surface area is 126 Å². The van der Waals surface area contributed by atoms with Gasteiger partial charge in [0.15, 0.2) is 0 Å². The summed E-state index contributed by atoms with van der Waals surface area (Å²) in [6, 6.07) is 4.48. The number of rotatable bonds is 4. The van der Waals surface area contributed by atoms with E-state index < -0.39 is 18.6 Å². The highest BCUT2D eigenvalue weighted by atomic mass is 79.9. The molecule has 0 saturated carbocycles. The molecule has 0 unspecified atom stereocenters. The molecule has 2 aromatic rings. The summed E-state index contributed by atoms with van der Waals surface area (Å²) in [5, 5.41) is 0. The van der Waals surface area contributed by atoms with Gasteiger partial charge in [-0.3, -0.25) is 9.78 Å². The van der Waals surface area contributed by atoms with Crippen LogP contribution in [0.2, 0.25) is 0 Å². The van der Waals surface area contributed by atoms with Crippen molar-refractivity contribution in [1.82, 2.24) is 9.88 Å². The lowest BCUT2D eigenvalue weighted by Gasteiger charge is -2.23. The van der Waals surface area contributed by atoms with E-state index >= 15 is 0 Å². The van der Waals surface area contributed by atoms with Crippen LogP contribution in [0.15, 0.2) is 45.7 Å². The van der Waals surface area contributed by atoms with Crippen LogP contribution < -0.4 is 0 Å².